The van der Waals surface area contributed by atoms with Gasteiger partial charge >= 0.3 is 0 Å². The highest BCUT2D eigenvalue weighted by Crippen LogP contribution is 2.21. The van der Waals surface area contributed by atoms with Crippen LogP contribution >= 0.6 is 11.6 Å². The van der Waals surface area contributed by atoms with Gasteiger partial charge in [0.25, 0.3) is 5.88 Å². The molecule has 0 fully saturated rings. The molecule has 1 aromatic heterocycles. The van der Waals surface area contributed by atoms with Crippen molar-refractivity contribution in [1.82, 2.24) is 9.97 Å². The predicted octanol–water partition coefficient (Wildman–Crippen LogP) is 1.92. The van der Waals surface area contributed by atoms with Crippen LogP contribution in [-0.2, 0) is 0 Å². The normalized spacial score (nSPS) is 10.6. The first-order valence-electron chi connectivity index (χ1n) is 3.68. The number of halogens is 1. The van der Waals surface area contributed by atoms with Gasteiger partial charge in [-0.1, -0.05) is 17.5 Å². The molecule has 0 saturated carbocycles. The Balaban J connectivity index is 2.88. The minimum Gasteiger partial charge on any atom is -0.456 e. The molecular formula is C9H9ClN2O. The van der Waals surface area contributed by atoms with E-state index in [2.05, 4.69) is 15.9 Å². The van der Waals surface area contributed by atoms with Gasteiger partial charge in [-0.05, 0) is 13.8 Å². The van der Waals surface area contributed by atoms with Crippen LogP contribution in [0.5, 0.6) is 5.88 Å². The summed E-state index contributed by atoms with van der Waals surface area (Å²) in [5.41, 5.74) is -0.723. The van der Waals surface area contributed by atoms with Crippen molar-refractivity contribution < 1.29 is 4.74 Å². The summed E-state index contributed by atoms with van der Waals surface area (Å²) in [5.74, 6) is 2.72. The van der Waals surface area contributed by atoms with E-state index < -0.39 is 5.60 Å². The predicted molar refractivity (Wildman–Crippen MR) is 50.6 cm³/mol. The van der Waals surface area contributed by atoms with Crippen molar-refractivity contribution in [3.8, 4) is 18.2 Å². The van der Waals surface area contributed by atoms with Crippen molar-refractivity contribution in [2.75, 3.05) is 0 Å². The van der Waals surface area contributed by atoms with Crippen molar-refractivity contribution in [2.45, 2.75) is 19.4 Å². The second kappa shape index (κ2) is 3.63. The Bertz CT molecular complexity index is 344. The Hall–Kier alpha value is -1.27. The smallest absolute Gasteiger partial charge is 0.253 e. The lowest BCUT2D eigenvalue weighted by molar-refractivity contribution is 0.164. The van der Waals surface area contributed by atoms with E-state index in [9.17, 15) is 0 Å². The van der Waals surface area contributed by atoms with Gasteiger partial charge in [-0.15, -0.1) is 6.42 Å². The first-order valence-corrected chi connectivity index (χ1v) is 4.06. The summed E-state index contributed by atoms with van der Waals surface area (Å²) < 4.78 is 5.34. The molecule has 0 N–H and O–H groups in total. The quantitative estimate of drug-likeness (QED) is 0.678. The van der Waals surface area contributed by atoms with E-state index in [-0.39, 0.29) is 11.0 Å². The summed E-state index contributed by atoms with van der Waals surface area (Å²) in [7, 11) is 0. The summed E-state index contributed by atoms with van der Waals surface area (Å²) in [4.78, 5) is 7.71. The number of ether oxygens (including phenoxy) is 1. The number of terminal acetylenes is 1. The van der Waals surface area contributed by atoms with E-state index in [1.54, 1.807) is 13.8 Å². The fourth-order valence-electron chi connectivity index (χ4n) is 0.648. The molecular weight excluding hydrogens is 188 g/mol. The van der Waals surface area contributed by atoms with E-state index >= 15 is 0 Å². The number of aromatic nitrogens is 2. The Morgan fingerprint density at radius 1 is 1.46 bits per heavy atom. The summed E-state index contributed by atoms with van der Waals surface area (Å²) in [6, 6.07) is 0. The van der Waals surface area contributed by atoms with Crippen molar-refractivity contribution in [1.29, 1.82) is 0 Å². The maximum absolute atomic E-state index is 5.72. The molecule has 0 amide bonds. The Morgan fingerprint density at radius 3 is 2.62 bits per heavy atom. The Labute approximate surface area is 82.1 Å². The van der Waals surface area contributed by atoms with E-state index in [0.717, 1.165) is 0 Å². The zero-order valence-corrected chi connectivity index (χ0v) is 8.17. The SMILES string of the molecule is C#CC(C)(C)Oc1nccnc1Cl. The fraction of sp³-hybridized carbons (Fsp3) is 0.333. The standard InChI is InChI=1S/C9H9ClN2O/c1-4-9(2,3)13-8-7(10)11-5-6-12-8/h1,5-6H,2-3H3. The fourth-order valence-corrected chi connectivity index (χ4v) is 0.792. The molecule has 13 heavy (non-hydrogen) atoms. The lowest BCUT2D eigenvalue weighted by atomic mass is 10.1. The molecule has 0 saturated heterocycles. The molecule has 0 spiro atoms. The maximum atomic E-state index is 5.72. The van der Waals surface area contributed by atoms with Crippen LogP contribution in [0.1, 0.15) is 13.8 Å². The molecule has 1 heterocycles. The minimum atomic E-state index is -0.723. The van der Waals surface area contributed by atoms with Crippen LogP contribution in [0.15, 0.2) is 12.4 Å². The van der Waals surface area contributed by atoms with E-state index in [1.807, 2.05) is 0 Å². The van der Waals surface area contributed by atoms with Gasteiger partial charge in [-0.3, -0.25) is 0 Å². The molecule has 0 radical (unpaired) electrons. The van der Waals surface area contributed by atoms with Gasteiger partial charge in [0.1, 0.15) is 0 Å². The maximum Gasteiger partial charge on any atom is 0.253 e. The highest BCUT2D eigenvalue weighted by atomic mass is 35.5. The van der Waals surface area contributed by atoms with Crippen molar-refractivity contribution in [3.63, 3.8) is 0 Å². The van der Waals surface area contributed by atoms with Crippen LogP contribution in [0, 0.1) is 12.3 Å². The molecule has 68 valence electrons. The number of hydrogen-bond donors (Lipinski definition) is 0. The summed E-state index contributed by atoms with van der Waals surface area (Å²) in [5, 5.41) is 0.214. The first kappa shape index (κ1) is 9.82. The summed E-state index contributed by atoms with van der Waals surface area (Å²) >= 11 is 5.72. The second-order valence-electron chi connectivity index (χ2n) is 2.91. The van der Waals surface area contributed by atoms with Crippen molar-refractivity contribution >= 4 is 11.6 Å². The molecule has 0 unspecified atom stereocenters. The summed E-state index contributed by atoms with van der Waals surface area (Å²) in [6.45, 7) is 3.50. The van der Waals surface area contributed by atoms with Crippen LogP contribution in [0.4, 0.5) is 0 Å². The van der Waals surface area contributed by atoms with Crippen LogP contribution in [-0.4, -0.2) is 15.6 Å². The Morgan fingerprint density at radius 2 is 2.08 bits per heavy atom. The number of nitrogens with zero attached hydrogens (tertiary/aromatic N) is 2. The van der Waals surface area contributed by atoms with Crippen LogP contribution in [0.3, 0.4) is 0 Å². The molecule has 0 aliphatic rings. The molecule has 0 aliphatic heterocycles. The lowest BCUT2D eigenvalue weighted by Gasteiger charge is -2.19. The van der Waals surface area contributed by atoms with Gasteiger partial charge in [-0.25, -0.2) is 9.97 Å². The second-order valence-corrected chi connectivity index (χ2v) is 3.27. The van der Waals surface area contributed by atoms with Crippen LogP contribution < -0.4 is 4.74 Å². The van der Waals surface area contributed by atoms with E-state index in [1.165, 1.54) is 12.4 Å². The summed E-state index contributed by atoms with van der Waals surface area (Å²) in [6.07, 6.45) is 8.22. The third-order valence-corrected chi connectivity index (χ3v) is 1.58. The zero-order chi connectivity index (χ0) is 9.90. The van der Waals surface area contributed by atoms with Gasteiger partial charge in [-0.2, -0.15) is 0 Å². The first-order chi connectivity index (χ1) is 6.05. The topological polar surface area (TPSA) is 35.0 Å². The lowest BCUT2D eigenvalue weighted by Crippen LogP contribution is -2.26. The molecule has 1 rings (SSSR count). The van der Waals surface area contributed by atoms with Gasteiger partial charge in [0.05, 0.1) is 0 Å². The van der Waals surface area contributed by atoms with Gasteiger partial charge in [0.15, 0.2) is 10.8 Å². The number of rotatable bonds is 2. The largest absolute Gasteiger partial charge is 0.456 e. The monoisotopic (exact) mass is 196 g/mol. The molecule has 0 atom stereocenters. The minimum absolute atomic E-state index is 0.214. The van der Waals surface area contributed by atoms with Gasteiger partial charge in [0.2, 0.25) is 0 Å². The van der Waals surface area contributed by atoms with E-state index in [0.29, 0.717) is 0 Å². The average molecular weight is 197 g/mol. The van der Waals surface area contributed by atoms with Gasteiger partial charge < -0.3 is 4.74 Å². The van der Waals surface area contributed by atoms with Crippen molar-refractivity contribution in [2.24, 2.45) is 0 Å². The highest BCUT2D eigenvalue weighted by molar-refractivity contribution is 6.30. The molecule has 4 heteroatoms. The van der Waals surface area contributed by atoms with Crippen LogP contribution in [0.2, 0.25) is 5.15 Å². The zero-order valence-electron chi connectivity index (χ0n) is 7.41. The molecule has 1 aromatic rings. The molecule has 0 bridgehead atoms. The average Bonchev–Trinajstić information content (AvgIpc) is 2.09. The third kappa shape index (κ3) is 2.60. The Kier molecular flexibility index (Phi) is 2.74. The van der Waals surface area contributed by atoms with Crippen molar-refractivity contribution in [3.05, 3.63) is 17.5 Å². The highest BCUT2D eigenvalue weighted by Gasteiger charge is 2.18. The third-order valence-electron chi connectivity index (χ3n) is 1.32. The number of hydrogen-bond acceptors (Lipinski definition) is 3. The van der Waals surface area contributed by atoms with E-state index in [4.69, 9.17) is 22.8 Å². The van der Waals surface area contributed by atoms with Crippen LogP contribution in [0.25, 0.3) is 0 Å². The molecule has 3 nitrogen and oxygen atoms in total. The van der Waals surface area contributed by atoms with Gasteiger partial charge in [0, 0.05) is 12.4 Å². The molecule has 0 aliphatic carbocycles. The molecule has 0 aromatic carbocycles.